The maximum Gasteiger partial charge on any atom is 0.0807 e. The molecule has 0 saturated heterocycles. The van der Waals surface area contributed by atoms with Gasteiger partial charge in [-0.25, -0.2) is 0 Å². The van der Waals surface area contributed by atoms with Gasteiger partial charge in [0.2, 0.25) is 0 Å². The minimum atomic E-state index is -0.637. The third-order valence-electron chi connectivity index (χ3n) is 2.31. The van der Waals surface area contributed by atoms with E-state index in [9.17, 15) is 5.11 Å². The number of hydrogen-bond acceptors (Lipinski definition) is 3. The van der Waals surface area contributed by atoms with Crippen LogP contribution in [0.2, 0.25) is 0 Å². The first kappa shape index (κ1) is 10.9. The predicted molar refractivity (Wildman–Crippen MR) is 56.5 cm³/mol. The highest BCUT2D eigenvalue weighted by atomic mass is 16.3. The van der Waals surface area contributed by atoms with Crippen LogP contribution in [0.1, 0.15) is 18.7 Å². The molecule has 0 amide bonds. The minimum absolute atomic E-state index is 0.0352. The lowest BCUT2D eigenvalue weighted by Gasteiger charge is -2.21. The number of rotatable bonds is 4. The van der Waals surface area contributed by atoms with Gasteiger partial charge in [0.1, 0.15) is 0 Å². The molecule has 0 aliphatic carbocycles. The molecule has 1 aromatic heterocycles. The second-order valence-electron chi connectivity index (χ2n) is 3.37. The van der Waals surface area contributed by atoms with Gasteiger partial charge in [0.15, 0.2) is 0 Å². The highest BCUT2D eigenvalue weighted by molar-refractivity contribution is 5.10. The summed E-state index contributed by atoms with van der Waals surface area (Å²) in [7, 11) is 0. The van der Waals surface area contributed by atoms with Crippen molar-refractivity contribution in [2.75, 3.05) is 0 Å². The van der Waals surface area contributed by atoms with Crippen molar-refractivity contribution in [3.63, 3.8) is 0 Å². The lowest BCUT2D eigenvalue weighted by atomic mass is 9.96. The van der Waals surface area contributed by atoms with Crippen LogP contribution in [-0.2, 0) is 0 Å². The molecule has 14 heavy (non-hydrogen) atoms. The molecule has 1 rings (SSSR count). The average Bonchev–Trinajstić information content (AvgIpc) is 2.27. The predicted octanol–water partition coefficient (Wildman–Crippen LogP) is 1.26. The monoisotopic (exact) mass is 192 g/mol. The van der Waals surface area contributed by atoms with E-state index in [1.165, 1.54) is 0 Å². The molecule has 3 nitrogen and oxygen atoms in total. The highest BCUT2D eigenvalue weighted by Crippen LogP contribution is 2.18. The standard InChI is InChI=1S/C11H16N2O/c1-3-8(2)11(14)10(12)9-6-4-5-7-13-9/h3-8,10-11,14H,1,12H2,2H3/t8?,10-,11?/m0/s1. The lowest BCUT2D eigenvalue weighted by Crippen LogP contribution is -2.31. The van der Waals surface area contributed by atoms with Gasteiger partial charge in [0.25, 0.3) is 0 Å². The summed E-state index contributed by atoms with van der Waals surface area (Å²) in [6, 6.07) is 5.03. The van der Waals surface area contributed by atoms with Crippen LogP contribution in [0, 0.1) is 5.92 Å². The molecule has 3 atom stereocenters. The fraction of sp³-hybridized carbons (Fsp3) is 0.364. The van der Waals surface area contributed by atoms with Gasteiger partial charge in [-0.05, 0) is 12.1 Å². The summed E-state index contributed by atoms with van der Waals surface area (Å²) in [6.07, 6.45) is 2.72. The smallest absolute Gasteiger partial charge is 0.0807 e. The van der Waals surface area contributed by atoms with Crippen LogP contribution in [-0.4, -0.2) is 16.2 Å². The maximum absolute atomic E-state index is 9.80. The molecular formula is C11H16N2O. The molecule has 0 aliphatic heterocycles. The Hall–Kier alpha value is -1.19. The summed E-state index contributed by atoms with van der Waals surface area (Å²) < 4.78 is 0. The number of aliphatic hydroxyl groups excluding tert-OH is 1. The van der Waals surface area contributed by atoms with E-state index in [2.05, 4.69) is 11.6 Å². The van der Waals surface area contributed by atoms with Crippen molar-refractivity contribution >= 4 is 0 Å². The van der Waals surface area contributed by atoms with Crippen LogP contribution < -0.4 is 5.73 Å². The Morgan fingerprint density at radius 3 is 2.79 bits per heavy atom. The van der Waals surface area contributed by atoms with E-state index in [4.69, 9.17) is 5.73 Å². The third kappa shape index (κ3) is 2.40. The fourth-order valence-corrected chi connectivity index (χ4v) is 1.21. The molecule has 2 unspecified atom stereocenters. The first-order valence-electron chi connectivity index (χ1n) is 4.64. The van der Waals surface area contributed by atoms with E-state index in [0.717, 1.165) is 0 Å². The molecule has 1 heterocycles. The molecule has 0 bridgehead atoms. The Balaban J connectivity index is 2.75. The second-order valence-corrected chi connectivity index (χ2v) is 3.37. The normalized spacial score (nSPS) is 17.1. The fourth-order valence-electron chi connectivity index (χ4n) is 1.21. The summed E-state index contributed by atoms with van der Waals surface area (Å²) in [6.45, 7) is 5.50. The van der Waals surface area contributed by atoms with Crippen LogP contribution in [0.25, 0.3) is 0 Å². The molecular weight excluding hydrogens is 176 g/mol. The van der Waals surface area contributed by atoms with Gasteiger partial charge in [-0.3, -0.25) is 4.98 Å². The number of pyridine rings is 1. The Labute approximate surface area is 84.3 Å². The van der Waals surface area contributed by atoms with Crippen molar-refractivity contribution < 1.29 is 5.11 Å². The Kier molecular flexibility index (Phi) is 3.80. The summed E-state index contributed by atoms with van der Waals surface area (Å²) in [5.41, 5.74) is 6.56. The average molecular weight is 192 g/mol. The lowest BCUT2D eigenvalue weighted by molar-refractivity contribution is 0.108. The van der Waals surface area contributed by atoms with Crippen LogP contribution in [0.3, 0.4) is 0 Å². The van der Waals surface area contributed by atoms with E-state index in [0.29, 0.717) is 5.69 Å². The molecule has 0 aromatic carbocycles. The summed E-state index contributed by atoms with van der Waals surface area (Å²) in [5.74, 6) is -0.0352. The first-order chi connectivity index (χ1) is 6.66. The van der Waals surface area contributed by atoms with E-state index in [1.807, 2.05) is 25.1 Å². The molecule has 0 aliphatic rings. The van der Waals surface area contributed by atoms with Crippen molar-refractivity contribution in [2.45, 2.75) is 19.1 Å². The van der Waals surface area contributed by atoms with Gasteiger partial charge in [0, 0.05) is 12.1 Å². The van der Waals surface area contributed by atoms with Gasteiger partial charge in [-0.1, -0.05) is 19.1 Å². The van der Waals surface area contributed by atoms with Gasteiger partial charge in [0.05, 0.1) is 17.8 Å². The summed E-state index contributed by atoms with van der Waals surface area (Å²) >= 11 is 0. The molecule has 0 spiro atoms. The molecule has 0 fully saturated rings. The van der Waals surface area contributed by atoms with Gasteiger partial charge in [-0.2, -0.15) is 0 Å². The number of nitrogens with zero attached hydrogens (tertiary/aromatic N) is 1. The molecule has 3 N–H and O–H groups in total. The topological polar surface area (TPSA) is 59.1 Å². The second kappa shape index (κ2) is 4.88. The number of hydrogen-bond donors (Lipinski definition) is 2. The SMILES string of the molecule is C=CC(C)C(O)[C@@H](N)c1ccccn1. The molecule has 76 valence electrons. The van der Waals surface area contributed by atoms with Crippen molar-refractivity contribution in [1.82, 2.24) is 4.98 Å². The molecule has 3 heteroatoms. The van der Waals surface area contributed by atoms with Crippen LogP contribution in [0.4, 0.5) is 0 Å². The van der Waals surface area contributed by atoms with E-state index >= 15 is 0 Å². The summed E-state index contributed by atoms with van der Waals surface area (Å²) in [5, 5.41) is 9.80. The quantitative estimate of drug-likeness (QED) is 0.706. The zero-order chi connectivity index (χ0) is 10.6. The van der Waals surface area contributed by atoms with Crippen molar-refractivity contribution in [3.05, 3.63) is 42.7 Å². The zero-order valence-corrected chi connectivity index (χ0v) is 8.30. The number of aromatic nitrogens is 1. The van der Waals surface area contributed by atoms with Gasteiger partial charge >= 0.3 is 0 Å². The Morgan fingerprint density at radius 2 is 2.29 bits per heavy atom. The maximum atomic E-state index is 9.80. The summed E-state index contributed by atoms with van der Waals surface area (Å²) in [4.78, 5) is 4.10. The molecule has 1 aromatic rings. The largest absolute Gasteiger partial charge is 0.390 e. The van der Waals surface area contributed by atoms with E-state index in [-0.39, 0.29) is 5.92 Å². The van der Waals surface area contributed by atoms with Crippen molar-refractivity contribution in [2.24, 2.45) is 11.7 Å². The van der Waals surface area contributed by atoms with Crippen molar-refractivity contribution in [3.8, 4) is 0 Å². The third-order valence-corrected chi connectivity index (χ3v) is 2.31. The number of aliphatic hydroxyl groups is 1. The van der Waals surface area contributed by atoms with Crippen molar-refractivity contribution in [1.29, 1.82) is 0 Å². The van der Waals surface area contributed by atoms with Crippen LogP contribution >= 0.6 is 0 Å². The van der Waals surface area contributed by atoms with Crippen LogP contribution in [0.15, 0.2) is 37.1 Å². The van der Waals surface area contributed by atoms with E-state index < -0.39 is 12.1 Å². The molecule has 0 saturated carbocycles. The Bertz CT molecular complexity index is 287. The van der Waals surface area contributed by atoms with Gasteiger partial charge in [-0.15, -0.1) is 6.58 Å². The first-order valence-corrected chi connectivity index (χ1v) is 4.64. The minimum Gasteiger partial charge on any atom is -0.390 e. The molecule has 0 radical (unpaired) electrons. The zero-order valence-electron chi connectivity index (χ0n) is 8.30. The number of nitrogens with two attached hydrogens (primary N) is 1. The Morgan fingerprint density at radius 1 is 1.57 bits per heavy atom. The van der Waals surface area contributed by atoms with Crippen LogP contribution in [0.5, 0.6) is 0 Å². The van der Waals surface area contributed by atoms with E-state index in [1.54, 1.807) is 12.3 Å². The van der Waals surface area contributed by atoms with Gasteiger partial charge < -0.3 is 10.8 Å². The highest BCUT2D eigenvalue weighted by Gasteiger charge is 2.21.